The van der Waals surface area contributed by atoms with Gasteiger partial charge in [0.1, 0.15) is 11.2 Å². The third-order valence-electron chi connectivity index (χ3n) is 6.35. The van der Waals surface area contributed by atoms with Crippen molar-refractivity contribution in [2.45, 2.75) is 25.8 Å². The highest BCUT2D eigenvalue weighted by Crippen LogP contribution is 2.38. The normalized spacial score (nSPS) is 12.5. The first kappa shape index (κ1) is 18.9. The van der Waals surface area contributed by atoms with E-state index in [4.69, 9.17) is 4.42 Å². The van der Waals surface area contributed by atoms with Gasteiger partial charge < -0.3 is 4.42 Å². The van der Waals surface area contributed by atoms with Gasteiger partial charge in [0, 0.05) is 10.8 Å². The summed E-state index contributed by atoms with van der Waals surface area (Å²) in [5.41, 5.74) is 1.99. The molecule has 0 fully saturated rings. The van der Waals surface area contributed by atoms with Crippen LogP contribution in [0.5, 0.6) is 0 Å². The van der Waals surface area contributed by atoms with Gasteiger partial charge in [0.05, 0.1) is 0 Å². The monoisotopic (exact) mass is 406 g/mol. The Labute approximate surface area is 179 Å². The second-order valence-corrected chi connectivity index (χ2v) is 13.7. The summed E-state index contributed by atoms with van der Waals surface area (Å²) in [5, 5.41) is 6.60. The van der Waals surface area contributed by atoms with E-state index in [1.165, 1.54) is 26.3 Å². The Bertz CT molecular complexity index is 1270. The van der Waals surface area contributed by atoms with Gasteiger partial charge in [-0.25, -0.2) is 0 Å². The molecule has 1 heterocycles. The van der Waals surface area contributed by atoms with Gasteiger partial charge in [-0.1, -0.05) is 118 Å². The first-order valence-electron chi connectivity index (χ1n) is 10.6. The molecule has 2 heteroatoms. The van der Waals surface area contributed by atoms with E-state index in [0.717, 1.165) is 11.2 Å². The molecule has 0 saturated carbocycles. The van der Waals surface area contributed by atoms with E-state index in [1.807, 2.05) is 6.07 Å². The zero-order valence-corrected chi connectivity index (χ0v) is 18.7. The first-order valence-corrected chi connectivity index (χ1v) is 12.6. The lowest BCUT2D eigenvalue weighted by molar-refractivity contribution is 0.669. The van der Waals surface area contributed by atoms with Crippen LogP contribution in [0.2, 0.25) is 5.04 Å². The average molecular weight is 407 g/mol. The number of hydrogen-bond donors (Lipinski definition) is 0. The molecule has 4 aromatic carbocycles. The molecule has 30 heavy (non-hydrogen) atoms. The van der Waals surface area contributed by atoms with Crippen molar-refractivity contribution < 1.29 is 4.42 Å². The van der Waals surface area contributed by atoms with Crippen LogP contribution in [0.1, 0.15) is 20.8 Å². The molecule has 0 unspecified atom stereocenters. The Balaban J connectivity index is 1.98. The molecule has 0 N–H and O–H groups in total. The molecule has 0 spiro atoms. The van der Waals surface area contributed by atoms with E-state index < -0.39 is 8.07 Å². The summed E-state index contributed by atoms with van der Waals surface area (Å²) in [5.74, 6) is 0. The number of fused-ring (bicyclic) bond motifs is 3. The summed E-state index contributed by atoms with van der Waals surface area (Å²) in [7, 11) is -2.45. The van der Waals surface area contributed by atoms with Gasteiger partial charge in [-0.2, -0.15) is 0 Å². The van der Waals surface area contributed by atoms with E-state index in [9.17, 15) is 0 Å². The second kappa shape index (κ2) is 7.00. The molecule has 0 aliphatic heterocycles. The largest absolute Gasteiger partial charge is 0.456 e. The zero-order chi connectivity index (χ0) is 20.8. The maximum absolute atomic E-state index is 6.56. The molecular weight excluding hydrogens is 380 g/mol. The van der Waals surface area contributed by atoms with Crippen LogP contribution in [0, 0.1) is 0 Å². The molecule has 0 bridgehead atoms. The van der Waals surface area contributed by atoms with Gasteiger partial charge in [0.15, 0.2) is 8.07 Å². The molecule has 0 amide bonds. The lowest BCUT2D eigenvalue weighted by atomic mass is 10.1. The summed E-state index contributed by atoms with van der Waals surface area (Å²) in [6.45, 7) is 7.17. The van der Waals surface area contributed by atoms with Gasteiger partial charge >= 0.3 is 0 Å². The maximum Gasteiger partial charge on any atom is 0.158 e. The van der Waals surface area contributed by atoms with Crippen molar-refractivity contribution in [2.75, 3.05) is 0 Å². The van der Waals surface area contributed by atoms with Gasteiger partial charge in [0.25, 0.3) is 0 Å². The van der Waals surface area contributed by atoms with Gasteiger partial charge in [0.2, 0.25) is 0 Å². The molecule has 0 radical (unpaired) electrons. The van der Waals surface area contributed by atoms with Crippen molar-refractivity contribution in [1.82, 2.24) is 0 Å². The summed E-state index contributed by atoms with van der Waals surface area (Å²) in [4.78, 5) is 0. The summed E-state index contributed by atoms with van der Waals surface area (Å²) in [6, 6.07) is 37.2. The molecule has 148 valence electrons. The predicted octanol–water partition coefficient (Wildman–Crippen LogP) is 5.86. The third-order valence-corrected chi connectivity index (χ3v) is 12.2. The lowest BCUT2D eigenvalue weighted by Gasteiger charge is -2.44. The van der Waals surface area contributed by atoms with Crippen molar-refractivity contribution >= 4 is 45.6 Å². The van der Waals surface area contributed by atoms with Crippen LogP contribution in [0.4, 0.5) is 0 Å². The Morgan fingerprint density at radius 2 is 1.10 bits per heavy atom. The minimum Gasteiger partial charge on any atom is -0.456 e. The molecule has 0 aliphatic carbocycles. The summed E-state index contributed by atoms with van der Waals surface area (Å²) in [6.07, 6.45) is 0. The van der Waals surface area contributed by atoms with E-state index in [1.54, 1.807) is 0 Å². The summed E-state index contributed by atoms with van der Waals surface area (Å²) >= 11 is 0. The predicted molar refractivity (Wildman–Crippen MR) is 131 cm³/mol. The van der Waals surface area contributed by atoms with Crippen molar-refractivity contribution in [3.8, 4) is 0 Å². The fraction of sp³-hybridized carbons (Fsp3) is 0.143. The highest BCUT2D eigenvalue weighted by Gasteiger charge is 2.50. The van der Waals surface area contributed by atoms with E-state index in [-0.39, 0.29) is 5.04 Å². The van der Waals surface area contributed by atoms with Gasteiger partial charge in [-0.3, -0.25) is 0 Å². The van der Waals surface area contributed by atoms with E-state index in [0.29, 0.717) is 0 Å². The van der Waals surface area contributed by atoms with Crippen molar-refractivity contribution in [3.63, 3.8) is 0 Å². The fourth-order valence-electron chi connectivity index (χ4n) is 5.17. The van der Waals surface area contributed by atoms with Gasteiger partial charge in [-0.05, 0) is 26.7 Å². The minimum atomic E-state index is -2.45. The molecule has 5 rings (SSSR count). The quantitative estimate of drug-likeness (QED) is 0.270. The number of furan rings is 1. The number of hydrogen-bond acceptors (Lipinski definition) is 1. The van der Waals surface area contributed by atoms with Crippen molar-refractivity contribution in [2.24, 2.45) is 0 Å². The number of rotatable bonds is 3. The average Bonchev–Trinajstić information content (AvgIpc) is 3.14. The first-order chi connectivity index (χ1) is 14.5. The topological polar surface area (TPSA) is 13.1 Å². The molecule has 0 saturated heterocycles. The maximum atomic E-state index is 6.56. The van der Waals surface area contributed by atoms with Gasteiger partial charge in [-0.15, -0.1) is 0 Å². The summed E-state index contributed by atoms with van der Waals surface area (Å²) < 4.78 is 6.56. The van der Waals surface area contributed by atoms with Crippen LogP contribution in [0.15, 0.2) is 108 Å². The highest BCUT2D eigenvalue weighted by molar-refractivity contribution is 7.14. The highest BCUT2D eigenvalue weighted by atomic mass is 28.3. The van der Waals surface area contributed by atoms with Crippen LogP contribution in [0.25, 0.3) is 21.9 Å². The zero-order valence-electron chi connectivity index (χ0n) is 17.7. The van der Waals surface area contributed by atoms with Crippen LogP contribution >= 0.6 is 0 Å². The molecule has 0 atom stereocenters. The molecule has 0 aliphatic rings. The van der Waals surface area contributed by atoms with Crippen LogP contribution in [-0.4, -0.2) is 8.07 Å². The smallest absolute Gasteiger partial charge is 0.158 e. The lowest BCUT2D eigenvalue weighted by Crippen LogP contribution is -2.72. The Hall–Kier alpha value is -3.10. The Morgan fingerprint density at radius 3 is 1.70 bits per heavy atom. The molecule has 5 aromatic rings. The van der Waals surface area contributed by atoms with Crippen LogP contribution in [-0.2, 0) is 0 Å². The third kappa shape index (κ3) is 2.68. The van der Waals surface area contributed by atoms with Crippen molar-refractivity contribution in [1.29, 1.82) is 0 Å². The number of benzene rings is 4. The Morgan fingerprint density at radius 1 is 0.567 bits per heavy atom. The van der Waals surface area contributed by atoms with Crippen LogP contribution in [0.3, 0.4) is 0 Å². The van der Waals surface area contributed by atoms with Crippen LogP contribution < -0.4 is 15.6 Å². The fourth-order valence-corrected chi connectivity index (χ4v) is 10.9. The standard InChI is InChI=1S/C28H26OSi/c1-28(2,3)30(21-13-6-4-7-14-21,22-15-8-5-9-16-22)26-20-12-18-24-23-17-10-11-19-25(23)29-27(24)26/h4-20H,1-3H3. The van der Waals surface area contributed by atoms with Crippen molar-refractivity contribution in [3.05, 3.63) is 103 Å². The Kier molecular flexibility index (Phi) is 4.41. The van der Waals surface area contributed by atoms with E-state index in [2.05, 4.69) is 118 Å². The van der Waals surface area contributed by atoms with E-state index >= 15 is 0 Å². The molecule has 1 nitrogen and oxygen atoms in total. The molecule has 1 aromatic heterocycles. The minimum absolute atomic E-state index is 0.0307. The second-order valence-electron chi connectivity index (χ2n) is 9.01. The molecular formula is C28H26OSi. The number of para-hydroxylation sites is 2. The SMILES string of the molecule is CC(C)(C)[Si](c1ccccc1)(c1ccccc1)c1cccc2c1oc1ccccc12.